The lowest BCUT2D eigenvalue weighted by atomic mass is 9.95. The normalized spacial score (nSPS) is 13.2. The molecule has 0 fully saturated rings. The maximum Gasteiger partial charge on any atom is 0.229 e. The predicted octanol–water partition coefficient (Wildman–Crippen LogP) is 4.40. The Bertz CT molecular complexity index is 616. The molecule has 0 bridgehead atoms. The maximum atomic E-state index is 6.22. The average Bonchev–Trinajstić information content (AvgIpc) is 2.80. The number of benzene rings is 1. The van der Waals surface area contributed by atoms with E-state index in [9.17, 15) is 0 Å². The molecule has 114 valence electrons. The zero-order valence-electron chi connectivity index (χ0n) is 13.2. The molecule has 5 heteroatoms. The van der Waals surface area contributed by atoms with Gasteiger partial charge in [-0.3, -0.25) is 4.57 Å². The second-order valence-electron chi connectivity index (χ2n) is 6.21. The van der Waals surface area contributed by atoms with E-state index in [4.69, 9.17) is 16.3 Å². The smallest absolute Gasteiger partial charge is 0.229 e. The van der Waals surface area contributed by atoms with Crippen molar-refractivity contribution >= 4 is 11.6 Å². The number of hydrogen-bond acceptors (Lipinski definition) is 3. The molecule has 0 radical (unpaired) electrons. The standard InChI is InChI=1S/C16H22ClN3O/c1-6-11(2)21-13-9-7-8-12(10-13)20-14(16(3,4)5)18-19-15(20)17/h7-11H,6H2,1-5H3. The van der Waals surface area contributed by atoms with Crippen LogP contribution in [0.5, 0.6) is 5.75 Å². The molecule has 0 aliphatic rings. The Morgan fingerprint density at radius 1 is 1.29 bits per heavy atom. The van der Waals surface area contributed by atoms with Crippen molar-refractivity contribution < 1.29 is 4.74 Å². The lowest BCUT2D eigenvalue weighted by Gasteiger charge is -2.20. The van der Waals surface area contributed by atoms with Gasteiger partial charge >= 0.3 is 0 Å². The van der Waals surface area contributed by atoms with Gasteiger partial charge in [0.15, 0.2) is 0 Å². The van der Waals surface area contributed by atoms with E-state index < -0.39 is 0 Å². The molecule has 1 aromatic heterocycles. The largest absolute Gasteiger partial charge is 0.491 e. The van der Waals surface area contributed by atoms with E-state index in [0.717, 1.165) is 23.7 Å². The monoisotopic (exact) mass is 307 g/mol. The highest BCUT2D eigenvalue weighted by molar-refractivity contribution is 6.28. The summed E-state index contributed by atoms with van der Waals surface area (Å²) in [6.07, 6.45) is 1.14. The molecule has 4 nitrogen and oxygen atoms in total. The van der Waals surface area contributed by atoms with E-state index in [1.165, 1.54) is 0 Å². The second-order valence-corrected chi connectivity index (χ2v) is 6.55. The Labute approximate surface area is 131 Å². The van der Waals surface area contributed by atoms with Crippen LogP contribution in [0.25, 0.3) is 5.69 Å². The van der Waals surface area contributed by atoms with Gasteiger partial charge in [-0.2, -0.15) is 0 Å². The summed E-state index contributed by atoms with van der Waals surface area (Å²) in [5.41, 5.74) is 0.768. The minimum Gasteiger partial charge on any atom is -0.491 e. The summed E-state index contributed by atoms with van der Waals surface area (Å²) in [5.74, 6) is 1.65. The lowest BCUT2D eigenvalue weighted by Crippen LogP contribution is -2.18. The van der Waals surface area contributed by atoms with Crippen LogP contribution in [0.15, 0.2) is 24.3 Å². The van der Waals surface area contributed by atoms with Gasteiger partial charge in [-0.15, -0.1) is 10.2 Å². The van der Waals surface area contributed by atoms with Crippen molar-refractivity contribution in [3.8, 4) is 11.4 Å². The van der Waals surface area contributed by atoms with E-state index in [1.807, 2.05) is 28.8 Å². The minimum atomic E-state index is -0.145. The third-order valence-electron chi connectivity index (χ3n) is 3.28. The van der Waals surface area contributed by atoms with Gasteiger partial charge < -0.3 is 4.74 Å². The molecule has 1 heterocycles. The summed E-state index contributed by atoms with van der Waals surface area (Å²) >= 11 is 6.22. The van der Waals surface area contributed by atoms with E-state index in [1.54, 1.807) is 0 Å². The van der Waals surface area contributed by atoms with Crippen LogP contribution in [-0.2, 0) is 5.41 Å². The van der Waals surface area contributed by atoms with E-state index >= 15 is 0 Å². The van der Waals surface area contributed by atoms with Gasteiger partial charge in [0.05, 0.1) is 11.8 Å². The van der Waals surface area contributed by atoms with Crippen LogP contribution in [0.4, 0.5) is 0 Å². The third-order valence-corrected chi connectivity index (χ3v) is 3.53. The minimum absolute atomic E-state index is 0.145. The first kappa shape index (κ1) is 15.8. The van der Waals surface area contributed by atoms with Crippen LogP contribution in [0, 0.1) is 0 Å². The predicted molar refractivity (Wildman–Crippen MR) is 85.5 cm³/mol. The molecule has 1 aromatic carbocycles. The van der Waals surface area contributed by atoms with Crippen molar-refractivity contribution in [1.82, 2.24) is 14.8 Å². The zero-order chi connectivity index (χ0) is 15.6. The van der Waals surface area contributed by atoms with Crippen molar-refractivity contribution in [1.29, 1.82) is 0 Å². The van der Waals surface area contributed by atoms with Gasteiger partial charge in [-0.25, -0.2) is 0 Å². The molecule has 1 unspecified atom stereocenters. The van der Waals surface area contributed by atoms with Gasteiger partial charge in [-0.05, 0) is 37.1 Å². The molecule has 2 rings (SSSR count). The first-order chi connectivity index (χ1) is 9.82. The molecule has 21 heavy (non-hydrogen) atoms. The summed E-state index contributed by atoms with van der Waals surface area (Å²) in [7, 11) is 0. The Balaban J connectivity index is 2.43. The number of halogens is 1. The first-order valence-electron chi connectivity index (χ1n) is 7.21. The fourth-order valence-corrected chi connectivity index (χ4v) is 2.21. The van der Waals surface area contributed by atoms with Crippen molar-refractivity contribution in [3.05, 3.63) is 35.4 Å². The molecule has 0 saturated carbocycles. The third kappa shape index (κ3) is 3.56. The number of nitrogens with zero attached hydrogens (tertiary/aromatic N) is 3. The van der Waals surface area contributed by atoms with Crippen LogP contribution < -0.4 is 4.74 Å². The van der Waals surface area contributed by atoms with Crippen molar-refractivity contribution in [2.75, 3.05) is 0 Å². The van der Waals surface area contributed by atoms with E-state index in [0.29, 0.717) is 5.28 Å². The first-order valence-corrected chi connectivity index (χ1v) is 7.59. The average molecular weight is 308 g/mol. The summed E-state index contributed by atoms with van der Waals surface area (Å²) < 4.78 is 7.74. The van der Waals surface area contributed by atoms with Crippen LogP contribution in [-0.4, -0.2) is 20.9 Å². The Morgan fingerprint density at radius 3 is 2.62 bits per heavy atom. The van der Waals surface area contributed by atoms with Gasteiger partial charge in [0.2, 0.25) is 5.28 Å². The van der Waals surface area contributed by atoms with Crippen molar-refractivity contribution in [2.45, 2.75) is 52.6 Å². The zero-order valence-corrected chi connectivity index (χ0v) is 14.0. The molecule has 0 amide bonds. The fourth-order valence-electron chi connectivity index (χ4n) is 1.99. The number of hydrogen-bond donors (Lipinski definition) is 0. The second kappa shape index (κ2) is 6.06. The number of ether oxygens (including phenoxy) is 1. The Hall–Kier alpha value is -1.55. The molecular formula is C16H22ClN3O. The van der Waals surface area contributed by atoms with Gasteiger partial charge in [0.1, 0.15) is 11.6 Å². The van der Waals surface area contributed by atoms with Crippen LogP contribution >= 0.6 is 11.6 Å². The highest BCUT2D eigenvalue weighted by Crippen LogP contribution is 2.28. The molecule has 0 aliphatic heterocycles. The number of aromatic nitrogens is 3. The molecule has 1 atom stereocenters. The molecule has 0 aliphatic carbocycles. The number of rotatable bonds is 4. The molecule has 0 saturated heterocycles. The maximum absolute atomic E-state index is 6.22. The molecule has 0 N–H and O–H groups in total. The van der Waals surface area contributed by atoms with Gasteiger partial charge in [0.25, 0.3) is 0 Å². The van der Waals surface area contributed by atoms with Crippen LogP contribution in [0.1, 0.15) is 46.9 Å². The summed E-state index contributed by atoms with van der Waals surface area (Å²) in [4.78, 5) is 0. The molecule has 0 spiro atoms. The van der Waals surface area contributed by atoms with Gasteiger partial charge in [0, 0.05) is 11.5 Å². The highest BCUT2D eigenvalue weighted by Gasteiger charge is 2.24. The Kier molecular flexibility index (Phi) is 4.57. The summed E-state index contributed by atoms with van der Waals surface area (Å²) in [6, 6.07) is 7.85. The quantitative estimate of drug-likeness (QED) is 0.840. The fraction of sp³-hybridized carbons (Fsp3) is 0.500. The topological polar surface area (TPSA) is 39.9 Å². The lowest BCUT2D eigenvalue weighted by molar-refractivity contribution is 0.217. The van der Waals surface area contributed by atoms with Crippen molar-refractivity contribution in [3.63, 3.8) is 0 Å². The van der Waals surface area contributed by atoms with E-state index in [2.05, 4.69) is 44.8 Å². The van der Waals surface area contributed by atoms with Gasteiger partial charge in [-0.1, -0.05) is 33.8 Å². The van der Waals surface area contributed by atoms with E-state index in [-0.39, 0.29) is 11.5 Å². The van der Waals surface area contributed by atoms with Crippen LogP contribution in [0.3, 0.4) is 0 Å². The van der Waals surface area contributed by atoms with Crippen molar-refractivity contribution in [2.24, 2.45) is 0 Å². The Morgan fingerprint density at radius 2 is 2.00 bits per heavy atom. The SMILES string of the molecule is CCC(C)Oc1cccc(-n2c(Cl)nnc2C(C)(C)C)c1. The molecule has 2 aromatic rings. The summed E-state index contributed by atoms with van der Waals surface area (Å²) in [5, 5.41) is 8.58. The van der Waals surface area contributed by atoms with Crippen LogP contribution in [0.2, 0.25) is 5.28 Å². The molecular weight excluding hydrogens is 286 g/mol. The highest BCUT2D eigenvalue weighted by atomic mass is 35.5. The summed E-state index contributed by atoms with van der Waals surface area (Å²) in [6.45, 7) is 10.4.